The minimum absolute atomic E-state index is 0.162. The molecule has 2 heterocycles. The van der Waals surface area contributed by atoms with Gasteiger partial charge in [0.2, 0.25) is 0 Å². The molecule has 0 amide bonds. The Bertz CT molecular complexity index is 491. The molecule has 0 radical (unpaired) electrons. The van der Waals surface area contributed by atoms with Gasteiger partial charge in [0.05, 0.1) is 17.2 Å². The summed E-state index contributed by atoms with van der Waals surface area (Å²) in [5, 5.41) is 2.78. The minimum atomic E-state index is -0.162. The third-order valence-corrected chi connectivity index (χ3v) is 1.79. The Morgan fingerprint density at radius 3 is 3.15 bits per heavy atom. The Hall–Kier alpha value is -1.91. The summed E-state index contributed by atoms with van der Waals surface area (Å²) in [5.41, 5.74) is 1.71. The van der Waals surface area contributed by atoms with Gasteiger partial charge in [-0.1, -0.05) is 0 Å². The molecule has 66 valence electrons. The fraction of sp³-hybridized carbons (Fsp3) is 0.125. The van der Waals surface area contributed by atoms with Crippen molar-refractivity contribution in [3.63, 3.8) is 0 Å². The van der Waals surface area contributed by atoms with E-state index < -0.39 is 0 Å². The molecule has 0 aromatic carbocycles. The van der Waals surface area contributed by atoms with Crippen LogP contribution in [0.25, 0.3) is 11.0 Å². The monoisotopic (exact) mass is 176 g/mol. The molecule has 0 saturated heterocycles. The Labute approximate surface area is 73.8 Å². The van der Waals surface area contributed by atoms with Crippen LogP contribution in [0, 0.1) is 0 Å². The fourth-order valence-corrected chi connectivity index (χ4v) is 1.13. The van der Waals surface area contributed by atoms with E-state index in [1.807, 2.05) is 0 Å². The van der Waals surface area contributed by atoms with Gasteiger partial charge in [0.1, 0.15) is 12.0 Å². The van der Waals surface area contributed by atoms with Gasteiger partial charge in [-0.25, -0.2) is 9.97 Å². The number of rotatable bonds is 1. The summed E-state index contributed by atoms with van der Waals surface area (Å²) in [7, 11) is 1.69. The third-order valence-electron chi connectivity index (χ3n) is 1.79. The van der Waals surface area contributed by atoms with Crippen molar-refractivity contribution < 1.29 is 0 Å². The molecule has 0 unspecified atom stereocenters. The van der Waals surface area contributed by atoms with Crippen LogP contribution in [-0.2, 0) is 0 Å². The number of nitrogens with one attached hydrogen (secondary N) is 2. The molecule has 2 rings (SSSR count). The predicted molar refractivity (Wildman–Crippen MR) is 49.7 cm³/mol. The first-order valence-electron chi connectivity index (χ1n) is 3.82. The van der Waals surface area contributed by atoms with Gasteiger partial charge in [-0.15, -0.1) is 0 Å². The van der Waals surface area contributed by atoms with Gasteiger partial charge in [-0.05, 0) is 6.07 Å². The van der Waals surface area contributed by atoms with E-state index in [2.05, 4.69) is 20.3 Å². The maximum Gasteiger partial charge on any atom is 0.271 e. The Morgan fingerprint density at radius 1 is 1.54 bits per heavy atom. The number of aromatic amines is 1. The molecule has 0 spiro atoms. The second kappa shape index (κ2) is 2.85. The molecule has 0 aliphatic carbocycles. The highest BCUT2D eigenvalue weighted by atomic mass is 16.1. The van der Waals surface area contributed by atoms with Crippen LogP contribution in [0.4, 0.5) is 5.69 Å². The van der Waals surface area contributed by atoms with Crippen molar-refractivity contribution in [2.24, 2.45) is 0 Å². The third kappa shape index (κ3) is 1.24. The average molecular weight is 176 g/mol. The second-order valence-corrected chi connectivity index (χ2v) is 2.58. The number of hydrogen-bond donors (Lipinski definition) is 2. The maximum atomic E-state index is 11.3. The first-order chi connectivity index (χ1) is 6.31. The topological polar surface area (TPSA) is 70.7 Å². The van der Waals surface area contributed by atoms with Crippen molar-refractivity contribution in [2.45, 2.75) is 0 Å². The van der Waals surface area contributed by atoms with Crippen LogP contribution in [0.5, 0.6) is 0 Å². The number of nitrogens with zero attached hydrogens (tertiary/aromatic N) is 2. The lowest BCUT2D eigenvalue weighted by Gasteiger charge is -1.99. The van der Waals surface area contributed by atoms with E-state index in [0.717, 1.165) is 5.52 Å². The molecule has 0 aliphatic heterocycles. The van der Waals surface area contributed by atoms with Crippen LogP contribution in [-0.4, -0.2) is 22.0 Å². The Morgan fingerprint density at radius 2 is 2.38 bits per heavy atom. The summed E-state index contributed by atoms with van der Waals surface area (Å²) >= 11 is 0. The second-order valence-electron chi connectivity index (χ2n) is 2.58. The highest BCUT2D eigenvalue weighted by Crippen LogP contribution is 2.07. The van der Waals surface area contributed by atoms with Crippen molar-refractivity contribution >= 4 is 16.7 Å². The molecule has 2 aromatic heterocycles. The number of aromatic nitrogens is 3. The molecule has 5 nitrogen and oxygen atoms in total. The lowest BCUT2D eigenvalue weighted by molar-refractivity contribution is 1.18. The molecule has 2 N–H and O–H groups in total. The van der Waals surface area contributed by atoms with Gasteiger partial charge in [0.15, 0.2) is 0 Å². The summed E-state index contributed by atoms with van der Waals surface area (Å²) in [6, 6.07) is 1.69. The molecule has 0 bridgehead atoms. The van der Waals surface area contributed by atoms with Gasteiger partial charge < -0.3 is 10.3 Å². The molecule has 5 heteroatoms. The highest BCUT2D eigenvalue weighted by Gasteiger charge is 2.00. The van der Waals surface area contributed by atoms with Crippen molar-refractivity contribution in [1.29, 1.82) is 0 Å². The van der Waals surface area contributed by atoms with E-state index in [0.29, 0.717) is 11.2 Å². The van der Waals surface area contributed by atoms with Crippen LogP contribution in [0.1, 0.15) is 0 Å². The zero-order valence-corrected chi connectivity index (χ0v) is 7.03. The summed E-state index contributed by atoms with van der Waals surface area (Å²) in [6.07, 6.45) is 3.02. The van der Waals surface area contributed by atoms with Crippen LogP contribution >= 0.6 is 0 Å². The van der Waals surface area contributed by atoms with Gasteiger partial charge in [0, 0.05) is 7.05 Å². The van der Waals surface area contributed by atoms with Crippen LogP contribution in [0.3, 0.4) is 0 Å². The van der Waals surface area contributed by atoms with Crippen molar-refractivity contribution in [3.8, 4) is 0 Å². The molecular formula is C8H8N4O. The molecule has 0 fully saturated rings. The molecule has 2 aromatic rings. The average Bonchev–Trinajstić information content (AvgIpc) is 2.17. The van der Waals surface area contributed by atoms with Crippen molar-refractivity contribution in [1.82, 2.24) is 15.0 Å². The number of anilines is 1. The van der Waals surface area contributed by atoms with Gasteiger partial charge in [-0.2, -0.15) is 0 Å². The lowest BCUT2D eigenvalue weighted by atomic mass is 10.3. The summed E-state index contributed by atoms with van der Waals surface area (Å²) < 4.78 is 0. The van der Waals surface area contributed by atoms with E-state index in [4.69, 9.17) is 0 Å². The number of fused-ring (bicyclic) bond motifs is 1. The minimum Gasteiger partial charge on any atom is -0.384 e. The van der Waals surface area contributed by atoms with E-state index in [-0.39, 0.29) is 5.56 Å². The van der Waals surface area contributed by atoms with E-state index in [1.165, 1.54) is 6.33 Å². The smallest absolute Gasteiger partial charge is 0.271 e. The van der Waals surface area contributed by atoms with Gasteiger partial charge in [-0.3, -0.25) is 4.79 Å². The SMILES string of the molecule is CNc1cc2ncncc2[nH]c1=O. The summed E-state index contributed by atoms with van der Waals surface area (Å²) in [6.45, 7) is 0. The predicted octanol–water partition coefficient (Wildman–Crippen LogP) is 0.360. The van der Waals surface area contributed by atoms with Gasteiger partial charge >= 0.3 is 0 Å². The largest absolute Gasteiger partial charge is 0.384 e. The summed E-state index contributed by atoms with van der Waals surface area (Å²) in [4.78, 5) is 21.8. The normalized spacial score (nSPS) is 10.2. The molecule has 0 atom stereocenters. The first kappa shape index (κ1) is 7.72. The van der Waals surface area contributed by atoms with E-state index >= 15 is 0 Å². The van der Waals surface area contributed by atoms with Crippen LogP contribution in [0.15, 0.2) is 23.4 Å². The molecule has 0 saturated carbocycles. The van der Waals surface area contributed by atoms with E-state index in [1.54, 1.807) is 19.3 Å². The first-order valence-corrected chi connectivity index (χ1v) is 3.82. The van der Waals surface area contributed by atoms with Crippen molar-refractivity contribution in [2.75, 3.05) is 12.4 Å². The van der Waals surface area contributed by atoms with E-state index in [9.17, 15) is 4.79 Å². The zero-order valence-electron chi connectivity index (χ0n) is 7.03. The Balaban J connectivity index is 2.81. The lowest BCUT2D eigenvalue weighted by Crippen LogP contribution is -2.11. The van der Waals surface area contributed by atoms with Gasteiger partial charge in [0.25, 0.3) is 5.56 Å². The molecular weight excluding hydrogens is 168 g/mol. The maximum absolute atomic E-state index is 11.3. The molecule has 13 heavy (non-hydrogen) atoms. The number of H-pyrrole nitrogens is 1. The quantitative estimate of drug-likeness (QED) is 0.658. The highest BCUT2D eigenvalue weighted by molar-refractivity contribution is 5.76. The summed E-state index contributed by atoms with van der Waals surface area (Å²) in [5.74, 6) is 0. The Kier molecular flexibility index (Phi) is 1.70. The van der Waals surface area contributed by atoms with Crippen LogP contribution in [0.2, 0.25) is 0 Å². The number of hydrogen-bond acceptors (Lipinski definition) is 4. The van der Waals surface area contributed by atoms with Crippen molar-refractivity contribution in [3.05, 3.63) is 28.9 Å². The molecule has 0 aliphatic rings. The van der Waals surface area contributed by atoms with Crippen LogP contribution < -0.4 is 10.9 Å². The number of pyridine rings is 1. The fourth-order valence-electron chi connectivity index (χ4n) is 1.13. The zero-order chi connectivity index (χ0) is 9.26. The standard InChI is InChI=1S/C8H8N4O/c1-9-6-2-5-7(12-8(6)13)3-10-4-11-5/h2-4,9H,1H3,(H,12,13).